The summed E-state index contributed by atoms with van der Waals surface area (Å²) in [6.07, 6.45) is -1.14. The fourth-order valence-corrected chi connectivity index (χ4v) is 3.81. The number of hydrogen-bond donors (Lipinski definition) is 2. The van der Waals surface area contributed by atoms with Gasteiger partial charge in [-0.1, -0.05) is 12.1 Å². The molecule has 1 aromatic carbocycles. The molecular weight excluding hydrogens is 505 g/mol. The number of ether oxygens (including phenoxy) is 1. The van der Waals surface area contributed by atoms with Crippen molar-refractivity contribution in [2.75, 3.05) is 36.5 Å². The van der Waals surface area contributed by atoms with Crippen LogP contribution in [0.5, 0.6) is 0 Å². The molecule has 0 amide bonds. The fourth-order valence-electron chi connectivity index (χ4n) is 3.46. The van der Waals surface area contributed by atoms with Crippen molar-refractivity contribution in [3.8, 4) is 11.3 Å². The van der Waals surface area contributed by atoms with Gasteiger partial charge in [0.05, 0.1) is 47.9 Å². The second-order valence-corrected chi connectivity index (χ2v) is 8.20. The Morgan fingerprint density at radius 2 is 1.85 bits per heavy atom. The van der Waals surface area contributed by atoms with Gasteiger partial charge in [0, 0.05) is 13.1 Å². The first-order valence-electron chi connectivity index (χ1n) is 10.1. The van der Waals surface area contributed by atoms with Crippen LogP contribution in [0.25, 0.3) is 16.9 Å². The van der Waals surface area contributed by atoms with Crippen molar-refractivity contribution >= 4 is 33.5 Å². The first kappa shape index (κ1) is 21.6. The minimum Gasteiger partial charge on any atom is -0.378 e. The number of nitrogens with one attached hydrogen (secondary N) is 2. The molecule has 172 valence electrons. The van der Waals surface area contributed by atoms with Crippen LogP contribution < -0.4 is 10.2 Å². The lowest BCUT2D eigenvalue weighted by Gasteiger charge is -2.27. The molecule has 0 spiro atoms. The number of imidazole rings is 1. The molecule has 33 heavy (non-hydrogen) atoms. The molecule has 3 aromatic heterocycles. The molecule has 2 N–H and O–H groups in total. The van der Waals surface area contributed by atoms with E-state index in [0.29, 0.717) is 67.5 Å². The number of fused-ring (bicyclic) bond motifs is 1. The summed E-state index contributed by atoms with van der Waals surface area (Å²) in [5.74, 6) is 1.65. The summed E-state index contributed by atoms with van der Waals surface area (Å²) in [6, 6.07) is 4.93. The summed E-state index contributed by atoms with van der Waals surface area (Å²) in [7, 11) is 0. The van der Waals surface area contributed by atoms with E-state index in [2.05, 4.69) is 46.3 Å². The van der Waals surface area contributed by atoms with Gasteiger partial charge in [0.25, 0.3) is 0 Å². The maximum absolute atomic E-state index is 12.8. The molecule has 4 heterocycles. The van der Waals surface area contributed by atoms with Crippen molar-refractivity contribution in [2.24, 2.45) is 0 Å². The van der Waals surface area contributed by atoms with Crippen molar-refractivity contribution in [3.63, 3.8) is 0 Å². The van der Waals surface area contributed by atoms with Gasteiger partial charge in [-0.3, -0.25) is 0 Å². The molecule has 9 nitrogen and oxygen atoms in total. The Balaban J connectivity index is 1.35. The van der Waals surface area contributed by atoms with Gasteiger partial charge in [-0.05, 0) is 33.6 Å². The van der Waals surface area contributed by atoms with Crippen LogP contribution >= 0.6 is 15.9 Å². The second-order valence-electron chi connectivity index (χ2n) is 7.35. The number of halogens is 4. The van der Waals surface area contributed by atoms with Crippen molar-refractivity contribution in [1.29, 1.82) is 0 Å². The number of aromatic nitrogens is 6. The third kappa shape index (κ3) is 4.50. The van der Waals surface area contributed by atoms with Crippen LogP contribution in [0.3, 0.4) is 0 Å². The van der Waals surface area contributed by atoms with E-state index in [1.165, 1.54) is 12.1 Å². The topological polar surface area (TPSA) is 96.3 Å². The number of benzene rings is 1. The van der Waals surface area contributed by atoms with Gasteiger partial charge in [-0.15, -0.1) is 0 Å². The summed E-state index contributed by atoms with van der Waals surface area (Å²) in [4.78, 5) is 18.7. The fraction of sp³-hybridized carbons (Fsp3) is 0.300. The lowest BCUT2D eigenvalue weighted by molar-refractivity contribution is -0.137. The maximum Gasteiger partial charge on any atom is 0.416 e. The minimum atomic E-state index is -4.37. The molecule has 5 rings (SSSR count). The number of H-pyrrole nitrogens is 1. The number of nitrogens with zero attached hydrogens (tertiary/aromatic N) is 6. The Labute approximate surface area is 194 Å². The quantitative estimate of drug-likeness (QED) is 0.412. The molecule has 0 unspecified atom stereocenters. The zero-order valence-electron chi connectivity index (χ0n) is 17.1. The number of anilines is 2. The van der Waals surface area contributed by atoms with Crippen molar-refractivity contribution in [3.05, 3.63) is 52.5 Å². The molecule has 0 saturated carbocycles. The maximum atomic E-state index is 12.8. The lowest BCUT2D eigenvalue weighted by Crippen LogP contribution is -2.37. The number of aromatic amines is 1. The Morgan fingerprint density at radius 1 is 1.09 bits per heavy atom. The van der Waals surface area contributed by atoms with Crippen LogP contribution in [0, 0.1) is 0 Å². The van der Waals surface area contributed by atoms with E-state index in [1.54, 1.807) is 16.9 Å². The average Bonchev–Trinajstić information content (AvgIpc) is 3.45. The van der Waals surface area contributed by atoms with E-state index in [4.69, 9.17) is 4.74 Å². The van der Waals surface area contributed by atoms with Crippen molar-refractivity contribution in [2.45, 2.75) is 12.7 Å². The van der Waals surface area contributed by atoms with Crippen LogP contribution in [-0.4, -0.2) is 55.9 Å². The smallest absolute Gasteiger partial charge is 0.378 e. The molecule has 1 saturated heterocycles. The SMILES string of the molecule is FC(F)(F)c1ccc(-c2cnc(CNc3nc(N4CCOCC4)nc4c(Br)cnn34)[nH]2)cc1. The van der Waals surface area contributed by atoms with Gasteiger partial charge >= 0.3 is 6.18 Å². The highest BCUT2D eigenvalue weighted by molar-refractivity contribution is 9.10. The number of alkyl halides is 3. The van der Waals surface area contributed by atoms with E-state index < -0.39 is 11.7 Å². The molecule has 13 heteroatoms. The average molecular weight is 523 g/mol. The first-order chi connectivity index (χ1) is 15.9. The van der Waals surface area contributed by atoms with E-state index in [0.717, 1.165) is 16.6 Å². The highest BCUT2D eigenvalue weighted by Gasteiger charge is 2.30. The van der Waals surface area contributed by atoms with Gasteiger partial charge in [-0.25, -0.2) is 4.98 Å². The van der Waals surface area contributed by atoms with E-state index in [1.807, 2.05) is 4.90 Å². The molecule has 0 aliphatic carbocycles. The van der Waals surface area contributed by atoms with Crippen molar-refractivity contribution in [1.82, 2.24) is 29.5 Å². The molecular formula is C20H18BrF3N8O. The summed E-state index contributed by atoms with van der Waals surface area (Å²) < 4.78 is 46.1. The summed E-state index contributed by atoms with van der Waals surface area (Å²) in [5, 5.41) is 7.53. The second kappa shape index (κ2) is 8.63. The van der Waals surface area contributed by atoms with Crippen molar-refractivity contribution < 1.29 is 17.9 Å². The molecule has 1 aliphatic rings. The number of hydrogen-bond acceptors (Lipinski definition) is 7. The van der Waals surface area contributed by atoms with E-state index in [9.17, 15) is 13.2 Å². The monoisotopic (exact) mass is 522 g/mol. The molecule has 0 radical (unpaired) electrons. The predicted molar refractivity (Wildman–Crippen MR) is 118 cm³/mol. The van der Waals surface area contributed by atoms with Crippen LogP contribution in [0.2, 0.25) is 0 Å². The largest absolute Gasteiger partial charge is 0.416 e. The van der Waals surface area contributed by atoms with E-state index in [-0.39, 0.29) is 0 Å². The minimum absolute atomic E-state index is 0.298. The summed E-state index contributed by atoms with van der Waals surface area (Å²) >= 11 is 3.47. The third-order valence-corrected chi connectivity index (χ3v) is 5.73. The van der Waals surface area contributed by atoms with Gasteiger partial charge in [0.15, 0.2) is 5.65 Å². The van der Waals surface area contributed by atoms with Gasteiger partial charge in [-0.2, -0.15) is 32.8 Å². The van der Waals surface area contributed by atoms with Crippen LogP contribution in [0.15, 0.2) is 41.1 Å². The van der Waals surface area contributed by atoms with Crippen LogP contribution in [0.1, 0.15) is 11.4 Å². The Morgan fingerprint density at radius 3 is 2.58 bits per heavy atom. The normalized spacial score (nSPS) is 14.7. The highest BCUT2D eigenvalue weighted by Crippen LogP contribution is 2.30. The summed E-state index contributed by atoms with van der Waals surface area (Å²) in [5.41, 5.74) is 1.15. The van der Waals surface area contributed by atoms with Gasteiger partial charge in [0.1, 0.15) is 5.82 Å². The zero-order valence-corrected chi connectivity index (χ0v) is 18.7. The number of morpholine rings is 1. The zero-order chi connectivity index (χ0) is 23.0. The Kier molecular flexibility index (Phi) is 5.66. The molecule has 1 fully saturated rings. The molecule has 0 bridgehead atoms. The number of rotatable bonds is 5. The molecule has 4 aromatic rings. The molecule has 1 aliphatic heterocycles. The predicted octanol–water partition coefficient (Wildman–Crippen LogP) is 3.74. The van der Waals surface area contributed by atoms with Crippen LogP contribution in [0.4, 0.5) is 25.1 Å². The van der Waals surface area contributed by atoms with Crippen LogP contribution in [-0.2, 0) is 17.5 Å². The van der Waals surface area contributed by atoms with Gasteiger partial charge in [0.2, 0.25) is 11.9 Å². The Hall–Kier alpha value is -3.19. The Bertz CT molecular complexity index is 1260. The first-order valence-corrected chi connectivity index (χ1v) is 10.9. The standard InChI is InChI=1S/C20H18BrF3N8O/c21-14-9-27-32-17(14)29-19(31-5-7-33-8-6-31)30-18(32)26-11-16-25-10-15(28-16)12-1-3-13(4-2-12)20(22,23)24/h1-4,9-10H,5-8,11H2,(H,25,28)(H,26,29,30). The summed E-state index contributed by atoms with van der Waals surface area (Å²) in [6.45, 7) is 2.90. The van der Waals surface area contributed by atoms with E-state index >= 15 is 0 Å². The van der Waals surface area contributed by atoms with Gasteiger partial charge < -0.3 is 19.9 Å². The highest BCUT2D eigenvalue weighted by atomic mass is 79.9. The lowest BCUT2D eigenvalue weighted by atomic mass is 10.1. The third-order valence-electron chi connectivity index (χ3n) is 5.17. The molecule has 0 atom stereocenters.